The van der Waals surface area contributed by atoms with Gasteiger partial charge in [0.25, 0.3) is 0 Å². The Balaban J connectivity index is 2.06. The Bertz CT molecular complexity index is 609. The number of methoxy groups -OCH3 is 1. The van der Waals surface area contributed by atoms with Gasteiger partial charge in [-0.05, 0) is 29.8 Å². The molecule has 0 bridgehead atoms. The van der Waals surface area contributed by atoms with E-state index in [9.17, 15) is 13.2 Å². The highest BCUT2D eigenvalue weighted by atomic mass is 19.4. The zero-order valence-corrected chi connectivity index (χ0v) is 11.3. The molecule has 0 saturated carbocycles. The molecule has 0 spiro atoms. The van der Waals surface area contributed by atoms with Crippen molar-refractivity contribution in [1.82, 2.24) is 0 Å². The van der Waals surface area contributed by atoms with Crippen LogP contribution in [0.3, 0.4) is 0 Å². The lowest BCUT2D eigenvalue weighted by molar-refractivity contribution is -0.137. The molecule has 3 nitrogen and oxygen atoms in total. The number of nitrogens with two attached hydrogens (primary N) is 1. The molecule has 6 heteroatoms. The van der Waals surface area contributed by atoms with Crippen LogP contribution in [-0.2, 0) is 12.8 Å². The molecule has 2 aromatic carbocycles. The van der Waals surface area contributed by atoms with Crippen LogP contribution in [0.2, 0.25) is 0 Å². The number of rotatable bonds is 4. The largest absolute Gasteiger partial charge is 0.497 e. The lowest BCUT2D eigenvalue weighted by Crippen LogP contribution is -2.05. The maximum absolute atomic E-state index is 12.4. The Kier molecular flexibility index (Phi) is 4.26. The van der Waals surface area contributed by atoms with Gasteiger partial charge in [0, 0.05) is 6.07 Å². The summed E-state index contributed by atoms with van der Waals surface area (Å²) in [6.07, 6.45) is -4.34. The third kappa shape index (κ3) is 3.81. The second-order valence-corrected chi connectivity index (χ2v) is 4.39. The first-order valence-electron chi connectivity index (χ1n) is 6.12. The molecule has 2 N–H and O–H groups in total. The van der Waals surface area contributed by atoms with Gasteiger partial charge in [-0.2, -0.15) is 13.2 Å². The van der Waals surface area contributed by atoms with E-state index in [1.54, 1.807) is 18.2 Å². The molecule has 0 aliphatic rings. The second kappa shape index (κ2) is 5.95. The summed E-state index contributed by atoms with van der Waals surface area (Å²) in [6.45, 7) is 0.121. The Morgan fingerprint density at radius 1 is 1.05 bits per heavy atom. The number of anilines is 1. The highest BCUT2D eigenvalue weighted by Gasteiger charge is 2.29. The van der Waals surface area contributed by atoms with Crippen LogP contribution in [0.5, 0.6) is 11.5 Å². The molecular weight excluding hydrogens is 283 g/mol. The van der Waals surface area contributed by atoms with Crippen molar-refractivity contribution in [2.75, 3.05) is 12.8 Å². The Labute approximate surface area is 120 Å². The molecule has 0 aromatic heterocycles. The summed E-state index contributed by atoms with van der Waals surface area (Å²) in [5.41, 5.74) is 6.12. The van der Waals surface area contributed by atoms with Crippen LogP contribution in [0.15, 0.2) is 42.5 Å². The summed E-state index contributed by atoms with van der Waals surface area (Å²) < 4.78 is 47.9. The van der Waals surface area contributed by atoms with E-state index in [0.29, 0.717) is 22.7 Å². The lowest BCUT2D eigenvalue weighted by Gasteiger charge is -2.11. The molecule has 0 radical (unpaired) electrons. The molecule has 0 fully saturated rings. The Morgan fingerprint density at radius 2 is 1.71 bits per heavy atom. The first kappa shape index (κ1) is 15.0. The molecule has 0 heterocycles. The molecule has 0 unspecified atom stereocenters. The standard InChI is InChI=1S/C15H14F3NO2/c1-20-12-6-7-13(19)14(8-12)21-9-10-2-4-11(5-3-10)15(16,17)18/h2-8H,9,19H2,1H3. The number of alkyl halides is 3. The van der Waals surface area contributed by atoms with E-state index < -0.39 is 11.7 Å². The average Bonchev–Trinajstić information content (AvgIpc) is 2.46. The van der Waals surface area contributed by atoms with E-state index in [0.717, 1.165) is 12.1 Å². The van der Waals surface area contributed by atoms with Crippen LogP contribution in [0, 0.1) is 0 Å². The molecule has 112 valence electrons. The Hall–Kier alpha value is -2.37. The molecule has 0 aliphatic carbocycles. The van der Waals surface area contributed by atoms with Gasteiger partial charge >= 0.3 is 6.18 Å². The summed E-state index contributed by atoms with van der Waals surface area (Å²) in [7, 11) is 1.52. The van der Waals surface area contributed by atoms with Gasteiger partial charge in [-0.25, -0.2) is 0 Å². The second-order valence-electron chi connectivity index (χ2n) is 4.39. The number of ether oxygens (including phenoxy) is 2. The first-order chi connectivity index (χ1) is 9.90. The zero-order valence-electron chi connectivity index (χ0n) is 11.3. The van der Waals surface area contributed by atoms with Gasteiger partial charge < -0.3 is 15.2 Å². The summed E-state index contributed by atoms with van der Waals surface area (Å²) >= 11 is 0. The summed E-state index contributed by atoms with van der Waals surface area (Å²) in [5.74, 6) is 1.01. The third-order valence-electron chi connectivity index (χ3n) is 2.90. The van der Waals surface area contributed by atoms with E-state index >= 15 is 0 Å². The molecular formula is C15H14F3NO2. The predicted molar refractivity (Wildman–Crippen MR) is 73.2 cm³/mol. The molecule has 0 aliphatic heterocycles. The molecule has 2 rings (SSSR count). The van der Waals surface area contributed by atoms with Gasteiger partial charge in [0.05, 0.1) is 18.4 Å². The topological polar surface area (TPSA) is 44.5 Å². The quantitative estimate of drug-likeness (QED) is 0.871. The van der Waals surface area contributed by atoms with E-state index in [1.807, 2.05) is 0 Å². The van der Waals surface area contributed by atoms with Gasteiger partial charge in [-0.3, -0.25) is 0 Å². The van der Waals surface area contributed by atoms with E-state index in [2.05, 4.69) is 0 Å². The van der Waals surface area contributed by atoms with Crippen molar-refractivity contribution in [3.8, 4) is 11.5 Å². The van der Waals surface area contributed by atoms with Gasteiger partial charge in [0.1, 0.15) is 18.1 Å². The molecule has 0 atom stereocenters. The third-order valence-corrected chi connectivity index (χ3v) is 2.90. The Morgan fingerprint density at radius 3 is 2.29 bits per heavy atom. The number of benzene rings is 2. The van der Waals surface area contributed by atoms with Crippen molar-refractivity contribution in [2.24, 2.45) is 0 Å². The van der Waals surface area contributed by atoms with Crippen LogP contribution in [0.1, 0.15) is 11.1 Å². The average molecular weight is 297 g/mol. The maximum Gasteiger partial charge on any atom is 0.416 e. The molecule has 21 heavy (non-hydrogen) atoms. The normalized spacial score (nSPS) is 11.2. The summed E-state index contributed by atoms with van der Waals surface area (Å²) in [6, 6.07) is 9.75. The zero-order chi connectivity index (χ0) is 15.5. The highest BCUT2D eigenvalue weighted by molar-refractivity contribution is 5.55. The van der Waals surface area contributed by atoms with Crippen molar-refractivity contribution in [3.63, 3.8) is 0 Å². The van der Waals surface area contributed by atoms with E-state index in [-0.39, 0.29) is 6.61 Å². The number of nitrogen functional groups attached to an aromatic ring is 1. The smallest absolute Gasteiger partial charge is 0.416 e. The lowest BCUT2D eigenvalue weighted by atomic mass is 10.1. The number of hydrogen-bond donors (Lipinski definition) is 1. The van der Waals surface area contributed by atoms with Gasteiger partial charge in [0.15, 0.2) is 0 Å². The summed E-state index contributed by atoms with van der Waals surface area (Å²) in [5, 5.41) is 0. The minimum Gasteiger partial charge on any atom is -0.497 e. The minimum absolute atomic E-state index is 0.121. The van der Waals surface area contributed by atoms with Crippen molar-refractivity contribution in [1.29, 1.82) is 0 Å². The first-order valence-corrected chi connectivity index (χ1v) is 6.12. The van der Waals surface area contributed by atoms with Crippen molar-refractivity contribution in [3.05, 3.63) is 53.6 Å². The van der Waals surface area contributed by atoms with Crippen LogP contribution >= 0.6 is 0 Å². The van der Waals surface area contributed by atoms with Crippen LogP contribution in [0.4, 0.5) is 18.9 Å². The molecule has 0 saturated heterocycles. The number of halogens is 3. The molecule has 0 amide bonds. The fourth-order valence-electron chi connectivity index (χ4n) is 1.72. The van der Waals surface area contributed by atoms with Gasteiger partial charge in [-0.1, -0.05) is 12.1 Å². The van der Waals surface area contributed by atoms with Crippen LogP contribution in [-0.4, -0.2) is 7.11 Å². The maximum atomic E-state index is 12.4. The van der Waals surface area contributed by atoms with E-state index in [4.69, 9.17) is 15.2 Å². The van der Waals surface area contributed by atoms with Crippen molar-refractivity contribution in [2.45, 2.75) is 12.8 Å². The number of hydrogen-bond acceptors (Lipinski definition) is 3. The fourth-order valence-corrected chi connectivity index (χ4v) is 1.72. The van der Waals surface area contributed by atoms with Crippen molar-refractivity contribution >= 4 is 5.69 Å². The van der Waals surface area contributed by atoms with Gasteiger partial charge in [0.2, 0.25) is 0 Å². The SMILES string of the molecule is COc1ccc(N)c(OCc2ccc(C(F)(F)F)cc2)c1. The summed E-state index contributed by atoms with van der Waals surface area (Å²) in [4.78, 5) is 0. The van der Waals surface area contributed by atoms with E-state index in [1.165, 1.54) is 19.2 Å². The monoisotopic (exact) mass is 297 g/mol. The van der Waals surface area contributed by atoms with Crippen molar-refractivity contribution < 1.29 is 22.6 Å². The fraction of sp³-hybridized carbons (Fsp3) is 0.200. The van der Waals surface area contributed by atoms with Crippen LogP contribution < -0.4 is 15.2 Å². The minimum atomic E-state index is -4.34. The van der Waals surface area contributed by atoms with Crippen LogP contribution in [0.25, 0.3) is 0 Å². The van der Waals surface area contributed by atoms with Gasteiger partial charge in [-0.15, -0.1) is 0 Å². The predicted octanol–water partition coefficient (Wildman–Crippen LogP) is 3.88. The highest BCUT2D eigenvalue weighted by Crippen LogP contribution is 2.30. The molecule has 2 aromatic rings.